The quantitative estimate of drug-likeness (QED) is 0.841. The minimum atomic E-state index is 0.634. The van der Waals surface area contributed by atoms with Crippen LogP contribution < -0.4 is 10.5 Å². The normalized spacial score (nSPS) is 10.6. The topological polar surface area (TPSA) is 35.2 Å². The van der Waals surface area contributed by atoms with Gasteiger partial charge in [0, 0.05) is 15.4 Å². The zero-order chi connectivity index (χ0) is 13.1. The Kier molecular flexibility index (Phi) is 3.92. The Hall–Kier alpha value is -1.48. The first-order valence-electron chi connectivity index (χ1n) is 6.17. The van der Waals surface area contributed by atoms with E-state index in [-0.39, 0.29) is 0 Å². The van der Waals surface area contributed by atoms with Gasteiger partial charge in [0.1, 0.15) is 12.4 Å². The second kappa shape index (κ2) is 5.44. The average Bonchev–Trinajstić information content (AvgIpc) is 2.80. The highest BCUT2D eigenvalue weighted by Gasteiger charge is 2.05. The molecule has 0 spiro atoms. The SMILES string of the molecule is CCc1ccc(COc2cc(C)c(N)cc2C)s1. The summed E-state index contributed by atoms with van der Waals surface area (Å²) in [5.41, 5.74) is 8.84. The molecule has 0 aliphatic rings. The van der Waals surface area contributed by atoms with Crippen molar-refractivity contribution in [2.75, 3.05) is 5.73 Å². The van der Waals surface area contributed by atoms with Gasteiger partial charge in [0.05, 0.1) is 0 Å². The summed E-state index contributed by atoms with van der Waals surface area (Å²) in [6.07, 6.45) is 1.09. The van der Waals surface area contributed by atoms with E-state index in [0.29, 0.717) is 6.61 Å². The van der Waals surface area contributed by atoms with Crippen molar-refractivity contribution >= 4 is 17.0 Å². The van der Waals surface area contributed by atoms with Gasteiger partial charge in [-0.05, 0) is 55.7 Å². The number of anilines is 1. The van der Waals surface area contributed by atoms with Gasteiger partial charge < -0.3 is 10.5 Å². The van der Waals surface area contributed by atoms with Gasteiger partial charge >= 0.3 is 0 Å². The fraction of sp³-hybridized carbons (Fsp3) is 0.333. The summed E-state index contributed by atoms with van der Waals surface area (Å²) in [6.45, 7) is 6.83. The van der Waals surface area contributed by atoms with E-state index in [1.165, 1.54) is 9.75 Å². The zero-order valence-electron chi connectivity index (χ0n) is 11.1. The third-order valence-electron chi connectivity index (χ3n) is 3.00. The van der Waals surface area contributed by atoms with Crippen LogP contribution in [0.2, 0.25) is 0 Å². The lowest BCUT2D eigenvalue weighted by Crippen LogP contribution is -1.98. The van der Waals surface area contributed by atoms with Gasteiger partial charge in [-0.25, -0.2) is 0 Å². The third kappa shape index (κ3) is 2.85. The van der Waals surface area contributed by atoms with Crippen molar-refractivity contribution in [2.45, 2.75) is 33.8 Å². The van der Waals surface area contributed by atoms with Crippen LogP contribution in [0.1, 0.15) is 27.8 Å². The van der Waals surface area contributed by atoms with Gasteiger partial charge in [0.2, 0.25) is 0 Å². The van der Waals surface area contributed by atoms with Crippen molar-refractivity contribution in [3.05, 3.63) is 45.1 Å². The predicted octanol–water partition coefficient (Wildman–Crippen LogP) is 4.09. The van der Waals surface area contributed by atoms with Crippen molar-refractivity contribution in [1.82, 2.24) is 0 Å². The molecule has 2 aromatic rings. The highest BCUT2D eigenvalue weighted by Crippen LogP contribution is 2.26. The van der Waals surface area contributed by atoms with Crippen LogP contribution in [-0.4, -0.2) is 0 Å². The average molecular weight is 261 g/mol. The zero-order valence-corrected chi connectivity index (χ0v) is 11.9. The van der Waals surface area contributed by atoms with Crippen molar-refractivity contribution < 1.29 is 4.74 Å². The molecule has 0 bridgehead atoms. The molecule has 3 heteroatoms. The van der Waals surface area contributed by atoms with E-state index in [2.05, 4.69) is 19.1 Å². The number of hydrogen-bond acceptors (Lipinski definition) is 3. The molecule has 0 atom stereocenters. The maximum absolute atomic E-state index is 5.87. The highest BCUT2D eigenvalue weighted by molar-refractivity contribution is 7.11. The maximum Gasteiger partial charge on any atom is 0.123 e. The van der Waals surface area contributed by atoms with E-state index in [0.717, 1.165) is 29.0 Å². The van der Waals surface area contributed by atoms with E-state index in [1.54, 1.807) is 0 Å². The summed E-state index contributed by atoms with van der Waals surface area (Å²) in [7, 11) is 0. The van der Waals surface area contributed by atoms with Gasteiger partial charge in [0.25, 0.3) is 0 Å². The Bertz CT molecular complexity index is 545. The van der Waals surface area contributed by atoms with Crippen LogP contribution in [0.25, 0.3) is 0 Å². The number of aryl methyl sites for hydroxylation is 3. The molecule has 0 saturated heterocycles. The predicted molar refractivity (Wildman–Crippen MR) is 78.4 cm³/mol. The molecule has 1 aromatic heterocycles. The summed E-state index contributed by atoms with van der Waals surface area (Å²) in [5.74, 6) is 0.924. The van der Waals surface area contributed by atoms with Crippen molar-refractivity contribution in [2.24, 2.45) is 0 Å². The standard InChI is InChI=1S/C15H19NOS/c1-4-12-5-6-13(18-12)9-17-15-8-10(2)14(16)7-11(15)3/h5-8H,4,9,16H2,1-3H3. The van der Waals surface area contributed by atoms with Gasteiger partial charge in [-0.3, -0.25) is 0 Å². The summed E-state index contributed by atoms with van der Waals surface area (Å²) in [6, 6.07) is 8.29. The largest absolute Gasteiger partial charge is 0.488 e. The van der Waals surface area contributed by atoms with Crippen LogP contribution in [0.4, 0.5) is 5.69 Å². The number of ether oxygens (including phenoxy) is 1. The Balaban J connectivity index is 2.08. The van der Waals surface area contributed by atoms with Crippen molar-refractivity contribution in [1.29, 1.82) is 0 Å². The first kappa shape index (κ1) is 13.0. The number of nitrogen functional groups attached to an aromatic ring is 1. The lowest BCUT2D eigenvalue weighted by Gasteiger charge is -2.10. The van der Waals surface area contributed by atoms with Crippen molar-refractivity contribution in [3.63, 3.8) is 0 Å². The highest BCUT2D eigenvalue weighted by atomic mass is 32.1. The molecule has 0 aliphatic carbocycles. The summed E-state index contributed by atoms with van der Waals surface area (Å²) >= 11 is 1.82. The Morgan fingerprint density at radius 2 is 1.83 bits per heavy atom. The van der Waals surface area contributed by atoms with E-state index < -0.39 is 0 Å². The molecule has 0 fully saturated rings. The lowest BCUT2D eigenvalue weighted by atomic mass is 10.1. The van der Waals surface area contributed by atoms with Gasteiger partial charge in [-0.1, -0.05) is 6.92 Å². The molecule has 2 nitrogen and oxygen atoms in total. The Morgan fingerprint density at radius 1 is 1.11 bits per heavy atom. The fourth-order valence-electron chi connectivity index (χ4n) is 1.81. The van der Waals surface area contributed by atoms with Gasteiger partial charge in [-0.2, -0.15) is 0 Å². The Labute approximate surface area is 112 Å². The molecule has 2 N–H and O–H groups in total. The Morgan fingerprint density at radius 3 is 2.50 bits per heavy atom. The molecule has 96 valence electrons. The second-order valence-corrected chi connectivity index (χ2v) is 5.74. The first-order valence-corrected chi connectivity index (χ1v) is 6.99. The minimum absolute atomic E-state index is 0.634. The smallest absolute Gasteiger partial charge is 0.123 e. The fourth-order valence-corrected chi connectivity index (χ4v) is 2.68. The van der Waals surface area contributed by atoms with Crippen LogP contribution in [0.15, 0.2) is 24.3 Å². The number of thiophene rings is 1. The molecule has 0 saturated carbocycles. The molecule has 0 aliphatic heterocycles. The van der Waals surface area contributed by atoms with Crippen molar-refractivity contribution in [3.8, 4) is 5.75 Å². The van der Waals surface area contributed by atoms with Crippen LogP contribution >= 0.6 is 11.3 Å². The maximum atomic E-state index is 5.87. The number of nitrogens with two attached hydrogens (primary N) is 1. The monoisotopic (exact) mass is 261 g/mol. The molecular weight excluding hydrogens is 242 g/mol. The third-order valence-corrected chi connectivity index (χ3v) is 4.20. The van der Waals surface area contributed by atoms with Crippen LogP contribution in [-0.2, 0) is 13.0 Å². The summed E-state index contributed by atoms with van der Waals surface area (Å²) in [5, 5.41) is 0. The van der Waals surface area contributed by atoms with Gasteiger partial charge in [0.15, 0.2) is 0 Å². The van der Waals surface area contributed by atoms with Crippen LogP contribution in [0.5, 0.6) is 5.75 Å². The number of hydrogen-bond donors (Lipinski definition) is 1. The van der Waals surface area contributed by atoms with Crippen LogP contribution in [0.3, 0.4) is 0 Å². The van der Waals surface area contributed by atoms with E-state index in [9.17, 15) is 0 Å². The van der Waals surface area contributed by atoms with Gasteiger partial charge in [-0.15, -0.1) is 11.3 Å². The molecule has 0 unspecified atom stereocenters. The molecule has 18 heavy (non-hydrogen) atoms. The van der Waals surface area contributed by atoms with E-state index in [4.69, 9.17) is 10.5 Å². The number of benzene rings is 1. The molecular formula is C15H19NOS. The summed E-state index contributed by atoms with van der Waals surface area (Å²) in [4.78, 5) is 2.67. The molecule has 0 amide bonds. The van der Waals surface area contributed by atoms with E-state index >= 15 is 0 Å². The molecule has 2 rings (SSSR count). The molecule has 1 aromatic carbocycles. The summed E-state index contributed by atoms with van der Waals surface area (Å²) < 4.78 is 5.87. The molecule has 1 heterocycles. The van der Waals surface area contributed by atoms with Crippen LogP contribution in [0, 0.1) is 13.8 Å². The number of rotatable bonds is 4. The first-order chi connectivity index (χ1) is 8.60. The minimum Gasteiger partial charge on any atom is -0.488 e. The second-order valence-electron chi connectivity index (χ2n) is 4.48. The van der Waals surface area contributed by atoms with E-state index in [1.807, 2.05) is 37.3 Å². The lowest BCUT2D eigenvalue weighted by molar-refractivity contribution is 0.307. The molecule has 0 radical (unpaired) electrons.